The number of hydrogen-bond acceptors (Lipinski definition) is 3. The van der Waals surface area contributed by atoms with E-state index in [4.69, 9.17) is 16.3 Å². The molecule has 94 valence electrons. The number of pyridine rings is 1. The fraction of sp³-hybridized carbons (Fsp3) is 0.615. The van der Waals surface area contributed by atoms with Crippen LogP contribution >= 0.6 is 11.6 Å². The second kappa shape index (κ2) is 6.22. The van der Waals surface area contributed by atoms with Gasteiger partial charge < -0.3 is 10.1 Å². The number of aromatic nitrogens is 1. The summed E-state index contributed by atoms with van der Waals surface area (Å²) in [5.41, 5.74) is 0. The van der Waals surface area contributed by atoms with Crippen LogP contribution in [0.4, 0.5) is 0 Å². The van der Waals surface area contributed by atoms with E-state index in [-0.39, 0.29) is 6.10 Å². The highest BCUT2D eigenvalue weighted by atomic mass is 35.5. The van der Waals surface area contributed by atoms with Gasteiger partial charge in [-0.05, 0) is 19.8 Å². The summed E-state index contributed by atoms with van der Waals surface area (Å²) in [7, 11) is 0. The lowest BCUT2D eigenvalue weighted by molar-refractivity contribution is 0.211. The maximum atomic E-state index is 5.85. The summed E-state index contributed by atoms with van der Waals surface area (Å²) >= 11 is 5.85. The molecule has 1 atom stereocenters. The zero-order chi connectivity index (χ0) is 12.1. The average Bonchev–Trinajstić information content (AvgIpc) is 2.79. The van der Waals surface area contributed by atoms with E-state index in [0.29, 0.717) is 11.1 Å². The van der Waals surface area contributed by atoms with Crippen LogP contribution in [0.15, 0.2) is 18.5 Å². The van der Waals surface area contributed by atoms with Crippen LogP contribution in [-0.2, 0) is 0 Å². The second-order valence-corrected chi connectivity index (χ2v) is 5.09. The molecule has 1 aliphatic rings. The molecule has 17 heavy (non-hydrogen) atoms. The Morgan fingerprint density at radius 1 is 1.47 bits per heavy atom. The monoisotopic (exact) mass is 254 g/mol. The zero-order valence-corrected chi connectivity index (χ0v) is 10.9. The van der Waals surface area contributed by atoms with Gasteiger partial charge in [0, 0.05) is 24.8 Å². The Morgan fingerprint density at radius 2 is 2.24 bits per heavy atom. The first kappa shape index (κ1) is 12.7. The highest BCUT2D eigenvalue weighted by Crippen LogP contribution is 2.18. The Hall–Kier alpha value is -0.800. The Balaban J connectivity index is 1.74. The summed E-state index contributed by atoms with van der Waals surface area (Å²) in [6.45, 7) is 2.93. The Kier molecular flexibility index (Phi) is 4.63. The minimum absolute atomic E-state index is 0.135. The summed E-state index contributed by atoms with van der Waals surface area (Å²) in [6, 6.07) is 2.47. The lowest BCUT2D eigenvalue weighted by atomic mass is 10.2. The number of rotatable bonds is 5. The topological polar surface area (TPSA) is 34.1 Å². The first-order chi connectivity index (χ1) is 8.24. The molecule has 1 aliphatic carbocycles. The molecule has 1 fully saturated rings. The molecule has 0 bridgehead atoms. The zero-order valence-electron chi connectivity index (χ0n) is 10.2. The van der Waals surface area contributed by atoms with Gasteiger partial charge in [0.1, 0.15) is 11.9 Å². The quantitative estimate of drug-likeness (QED) is 0.877. The molecule has 1 aromatic heterocycles. The molecule has 0 radical (unpaired) electrons. The van der Waals surface area contributed by atoms with Crippen LogP contribution in [0.25, 0.3) is 0 Å². The van der Waals surface area contributed by atoms with E-state index in [1.54, 1.807) is 18.5 Å². The number of nitrogens with one attached hydrogen (secondary N) is 1. The number of hydrogen-bond donors (Lipinski definition) is 1. The number of nitrogens with zero attached hydrogens (tertiary/aromatic N) is 1. The molecule has 1 aromatic rings. The smallest absolute Gasteiger partial charge is 0.139 e. The molecule has 0 amide bonds. The van der Waals surface area contributed by atoms with Crippen molar-refractivity contribution in [2.24, 2.45) is 0 Å². The predicted molar refractivity (Wildman–Crippen MR) is 69.6 cm³/mol. The van der Waals surface area contributed by atoms with Crippen molar-refractivity contribution in [3.63, 3.8) is 0 Å². The molecule has 2 rings (SSSR count). The third-order valence-corrected chi connectivity index (χ3v) is 3.27. The van der Waals surface area contributed by atoms with Crippen molar-refractivity contribution in [2.45, 2.75) is 44.8 Å². The molecule has 0 aromatic carbocycles. The highest BCUT2D eigenvalue weighted by Gasteiger charge is 2.15. The molecule has 4 heteroatoms. The van der Waals surface area contributed by atoms with E-state index in [9.17, 15) is 0 Å². The molecular weight excluding hydrogens is 236 g/mol. The van der Waals surface area contributed by atoms with Crippen molar-refractivity contribution in [1.82, 2.24) is 10.3 Å². The van der Waals surface area contributed by atoms with Crippen molar-refractivity contribution in [3.8, 4) is 5.75 Å². The van der Waals surface area contributed by atoms with Gasteiger partial charge >= 0.3 is 0 Å². The molecule has 1 heterocycles. The lowest BCUT2D eigenvalue weighted by Crippen LogP contribution is -2.35. The summed E-state index contributed by atoms with van der Waals surface area (Å²) in [5.74, 6) is 0.734. The fourth-order valence-electron chi connectivity index (χ4n) is 2.19. The molecule has 0 spiro atoms. The van der Waals surface area contributed by atoms with Crippen molar-refractivity contribution in [3.05, 3.63) is 23.5 Å². The molecule has 0 saturated heterocycles. The Morgan fingerprint density at radius 3 is 2.94 bits per heavy atom. The summed E-state index contributed by atoms with van der Waals surface area (Å²) < 4.78 is 5.75. The lowest BCUT2D eigenvalue weighted by Gasteiger charge is -2.18. The summed E-state index contributed by atoms with van der Waals surface area (Å²) in [4.78, 5) is 4.00. The molecule has 1 saturated carbocycles. The average molecular weight is 255 g/mol. The molecule has 3 nitrogen and oxygen atoms in total. The minimum Gasteiger partial charge on any atom is -0.488 e. The SMILES string of the molecule is CC(CNC1CCCC1)Oc1cncc(Cl)c1. The van der Waals surface area contributed by atoms with Crippen molar-refractivity contribution < 1.29 is 4.74 Å². The van der Waals surface area contributed by atoms with E-state index in [2.05, 4.69) is 17.2 Å². The van der Waals surface area contributed by atoms with Gasteiger partial charge in [0.2, 0.25) is 0 Å². The molecular formula is C13H19ClN2O. The fourth-order valence-corrected chi connectivity index (χ4v) is 2.36. The standard InChI is InChI=1S/C13H19ClN2O/c1-10(7-16-12-4-2-3-5-12)17-13-6-11(14)8-15-9-13/h6,8-10,12,16H,2-5,7H2,1H3. The molecule has 0 aliphatic heterocycles. The van der Waals surface area contributed by atoms with Gasteiger partial charge in [-0.1, -0.05) is 24.4 Å². The van der Waals surface area contributed by atoms with Crippen LogP contribution in [0.3, 0.4) is 0 Å². The van der Waals surface area contributed by atoms with Crippen LogP contribution in [0.1, 0.15) is 32.6 Å². The van der Waals surface area contributed by atoms with E-state index < -0.39 is 0 Å². The van der Waals surface area contributed by atoms with Crippen LogP contribution in [0, 0.1) is 0 Å². The molecule has 1 N–H and O–H groups in total. The van der Waals surface area contributed by atoms with Crippen molar-refractivity contribution >= 4 is 11.6 Å². The van der Waals surface area contributed by atoms with Gasteiger partial charge in [-0.3, -0.25) is 4.98 Å². The second-order valence-electron chi connectivity index (χ2n) is 4.66. The van der Waals surface area contributed by atoms with Crippen LogP contribution in [-0.4, -0.2) is 23.7 Å². The highest BCUT2D eigenvalue weighted by molar-refractivity contribution is 6.30. The minimum atomic E-state index is 0.135. The number of halogens is 1. The largest absolute Gasteiger partial charge is 0.488 e. The van der Waals surface area contributed by atoms with Gasteiger partial charge in [0.05, 0.1) is 11.2 Å². The van der Waals surface area contributed by atoms with Crippen LogP contribution in [0.5, 0.6) is 5.75 Å². The first-order valence-electron chi connectivity index (χ1n) is 6.24. The van der Waals surface area contributed by atoms with Gasteiger partial charge in [-0.2, -0.15) is 0 Å². The predicted octanol–water partition coefficient (Wildman–Crippen LogP) is 3.03. The van der Waals surface area contributed by atoms with Gasteiger partial charge in [0.25, 0.3) is 0 Å². The third kappa shape index (κ3) is 4.17. The third-order valence-electron chi connectivity index (χ3n) is 3.07. The maximum Gasteiger partial charge on any atom is 0.139 e. The normalized spacial score (nSPS) is 18.2. The van der Waals surface area contributed by atoms with Crippen molar-refractivity contribution in [2.75, 3.05) is 6.54 Å². The first-order valence-corrected chi connectivity index (χ1v) is 6.62. The number of ether oxygens (including phenoxy) is 1. The maximum absolute atomic E-state index is 5.85. The van der Waals surface area contributed by atoms with E-state index in [1.807, 2.05) is 0 Å². The van der Waals surface area contributed by atoms with E-state index in [0.717, 1.165) is 12.3 Å². The summed E-state index contributed by atoms with van der Waals surface area (Å²) in [6.07, 6.45) is 8.73. The van der Waals surface area contributed by atoms with Crippen LogP contribution in [0.2, 0.25) is 5.02 Å². The Labute approximate surface area is 108 Å². The van der Waals surface area contributed by atoms with Crippen LogP contribution < -0.4 is 10.1 Å². The van der Waals surface area contributed by atoms with E-state index in [1.165, 1.54) is 25.7 Å². The van der Waals surface area contributed by atoms with Gasteiger partial charge in [0.15, 0.2) is 0 Å². The van der Waals surface area contributed by atoms with Crippen molar-refractivity contribution in [1.29, 1.82) is 0 Å². The van der Waals surface area contributed by atoms with Gasteiger partial charge in [-0.15, -0.1) is 0 Å². The van der Waals surface area contributed by atoms with E-state index >= 15 is 0 Å². The summed E-state index contributed by atoms with van der Waals surface area (Å²) in [5, 5.41) is 4.15. The Bertz CT molecular complexity index is 353. The van der Waals surface area contributed by atoms with Gasteiger partial charge in [-0.25, -0.2) is 0 Å². The molecule has 1 unspecified atom stereocenters.